The molecule has 156 valence electrons. The molecule has 0 radical (unpaired) electrons. The molecule has 29 heavy (non-hydrogen) atoms. The molecule has 0 bridgehead atoms. The topological polar surface area (TPSA) is 87.5 Å². The number of phenolic OH excluding ortho intramolecular Hbond substituents is 2. The lowest BCUT2D eigenvalue weighted by Crippen LogP contribution is -2.37. The highest BCUT2D eigenvalue weighted by molar-refractivity contribution is 5.66. The van der Waals surface area contributed by atoms with Crippen LogP contribution in [0.2, 0.25) is 0 Å². The molecule has 0 aromatic heterocycles. The van der Waals surface area contributed by atoms with Crippen LogP contribution in [0.25, 0.3) is 0 Å². The molecule has 2 aromatic carbocycles. The number of para-hydroxylation sites is 2. The monoisotopic (exact) mass is 399 g/mol. The lowest BCUT2D eigenvalue weighted by Gasteiger charge is -2.28. The van der Waals surface area contributed by atoms with E-state index in [4.69, 9.17) is 5.11 Å². The molecule has 0 amide bonds. The van der Waals surface area contributed by atoms with Crippen molar-refractivity contribution >= 4 is 11.7 Å². The summed E-state index contributed by atoms with van der Waals surface area (Å²) in [6, 6.07) is 14.6. The molecule has 3 rings (SSSR count). The summed E-state index contributed by atoms with van der Waals surface area (Å²) in [6.07, 6.45) is 0.114. The van der Waals surface area contributed by atoms with Gasteiger partial charge in [0.1, 0.15) is 11.5 Å². The molecule has 7 heteroatoms. The Morgan fingerprint density at radius 1 is 0.862 bits per heavy atom. The second kappa shape index (κ2) is 10.1. The Morgan fingerprint density at radius 2 is 1.55 bits per heavy atom. The van der Waals surface area contributed by atoms with Crippen LogP contribution in [0.4, 0.5) is 5.69 Å². The van der Waals surface area contributed by atoms with Gasteiger partial charge in [-0.05, 0) is 29.8 Å². The third-order valence-corrected chi connectivity index (χ3v) is 5.29. The third-order valence-electron chi connectivity index (χ3n) is 5.29. The molecular formula is C22H29N3O4. The Morgan fingerprint density at radius 3 is 2.28 bits per heavy atom. The SMILES string of the molecule is O=C(O)CCN1CCN(Cc2cccc(O)c2)CCN(c2ccccc2O)CC1. The Hall–Kier alpha value is -2.77. The van der Waals surface area contributed by atoms with E-state index in [2.05, 4.69) is 14.7 Å². The summed E-state index contributed by atoms with van der Waals surface area (Å²) in [6.45, 7) is 5.81. The van der Waals surface area contributed by atoms with Crippen LogP contribution in [-0.4, -0.2) is 76.9 Å². The average molecular weight is 399 g/mol. The molecule has 3 N–H and O–H groups in total. The van der Waals surface area contributed by atoms with E-state index in [1.54, 1.807) is 18.2 Å². The van der Waals surface area contributed by atoms with Gasteiger partial charge < -0.3 is 20.2 Å². The quantitative estimate of drug-likeness (QED) is 0.686. The highest BCUT2D eigenvalue weighted by atomic mass is 16.4. The molecule has 0 saturated carbocycles. The minimum absolute atomic E-state index is 0.114. The fourth-order valence-corrected chi connectivity index (χ4v) is 3.66. The van der Waals surface area contributed by atoms with Crippen molar-refractivity contribution < 1.29 is 20.1 Å². The van der Waals surface area contributed by atoms with E-state index in [0.29, 0.717) is 13.1 Å². The number of rotatable bonds is 6. The van der Waals surface area contributed by atoms with Crippen molar-refractivity contribution in [3.63, 3.8) is 0 Å². The van der Waals surface area contributed by atoms with Gasteiger partial charge in [-0.15, -0.1) is 0 Å². The summed E-state index contributed by atoms with van der Waals surface area (Å²) in [4.78, 5) is 17.7. The molecule has 1 heterocycles. The number of carboxylic acids is 1. The Bertz CT molecular complexity index is 814. The van der Waals surface area contributed by atoms with Crippen LogP contribution in [-0.2, 0) is 11.3 Å². The van der Waals surface area contributed by atoms with E-state index >= 15 is 0 Å². The number of aliphatic carboxylic acids is 1. The molecule has 1 aliphatic rings. The molecule has 2 aromatic rings. The van der Waals surface area contributed by atoms with E-state index in [1.165, 1.54) is 0 Å². The number of phenols is 2. The number of hydrogen-bond acceptors (Lipinski definition) is 6. The van der Waals surface area contributed by atoms with Crippen molar-refractivity contribution in [3.05, 3.63) is 54.1 Å². The Kier molecular flexibility index (Phi) is 7.32. The van der Waals surface area contributed by atoms with Gasteiger partial charge in [-0.2, -0.15) is 0 Å². The van der Waals surface area contributed by atoms with Gasteiger partial charge in [0, 0.05) is 52.4 Å². The first-order valence-corrected chi connectivity index (χ1v) is 9.98. The smallest absolute Gasteiger partial charge is 0.304 e. The van der Waals surface area contributed by atoms with Crippen LogP contribution in [0.3, 0.4) is 0 Å². The molecule has 1 saturated heterocycles. The summed E-state index contributed by atoms with van der Waals surface area (Å²) in [5, 5.41) is 29.1. The Balaban J connectivity index is 1.75. The van der Waals surface area contributed by atoms with Gasteiger partial charge in [-0.25, -0.2) is 0 Å². The highest BCUT2D eigenvalue weighted by Crippen LogP contribution is 2.26. The van der Waals surface area contributed by atoms with E-state index in [1.807, 2.05) is 30.3 Å². The zero-order valence-corrected chi connectivity index (χ0v) is 16.6. The maximum absolute atomic E-state index is 11.0. The number of anilines is 1. The zero-order valence-electron chi connectivity index (χ0n) is 16.6. The van der Waals surface area contributed by atoms with Crippen molar-refractivity contribution in [2.45, 2.75) is 13.0 Å². The van der Waals surface area contributed by atoms with Crippen molar-refractivity contribution in [1.82, 2.24) is 9.80 Å². The average Bonchev–Trinajstić information content (AvgIpc) is 2.78. The lowest BCUT2D eigenvalue weighted by molar-refractivity contribution is -0.137. The molecule has 1 aliphatic heterocycles. The number of benzene rings is 2. The van der Waals surface area contributed by atoms with Crippen LogP contribution < -0.4 is 4.90 Å². The number of hydrogen-bond donors (Lipinski definition) is 3. The first-order chi connectivity index (χ1) is 14.0. The summed E-state index contributed by atoms with van der Waals surface area (Å²) in [5.74, 6) is -0.284. The summed E-state index contributed by atoms with van der Waals surface area (Å²) < 4.78 is 0. The number of carbonyl (C=O) groups is 1. The molecular weight excluding hydrogens is 370 g/mol. The molecule has 0 atom stereocenters. The van der Waals surface area contributed by atoms with Gasteiger partial charge in [0.25, 0.3) is 0 Å². The van der Waals surface area contributed by atoms with E-state index in [-0.39, 0.29) is 17.9 Å². The first-order valence-electron chi connectivity index (χ1n) is 9.98. The van der Waals surface area contributed by atoms with E-state index in [9.17, 15) is 15.0 Å². The van der Waals surface area contributed by atoms with Crippen LogP contribution in [0.15, 0.2) is 48.5 Å². The normalized spacial score (nSPS) is 16.8. The van der Waals surface area contributed by atoms with Crippen molar-refractivity contribution in [2.75, 3.05) is 50.7 Å². The van der Waals surface area contributed by atoms with Gasteiger partial charge in [-0.1, -0.05) is 24.3 Å². The second-order valence-corrected chi connectivity index (χ2v) is 7.41. The largest absolute Gasteiger partial charge is 0.508 e. The van der Waals surface area contributed by atoms with Crippen LogP contribution in [0.1, 0.15) is 12.0 Å². The van der Waals surface area contributed by atoms with E-state index in [0.717, 1.165) is 50.5 Å². The van der Waals surface area contributed by atoms with E-state index < -0.39 is 5.97 Å². The van der Waals surface area contributed by atoms with Gasteiger partial charge in [0.2, 0.25) is 0 Å². The summed E-state index contributed by atoms with van der Waals surface area (Å²) in [7, 11) is 0. The van der Waals surface area contributed by atoms with Gasteiger partial charge in [0.05, 0.1) is 12.1 Å². The number of nitrogens with zero attached hydrogens (tertiary/aromatic N) is 3. The first kappa shape index (κ1) is 21.0. The number of carboxylic acid groups (broad SMARTS) is 1. The van der Waals surface area contributed by atoms with Crippen molar-refractivity contribution in [1.29, 1.82) is 0 Å². The van der Waals surface area contributed by atoms with Crippen molar-refractivity contribution in [2.24, 2.45) is 0 Å². The second-order valence-electron chi connectivity index (χ2n) is 7.41. The zero-order chi connectivity index (χ0) is 20.6. The highest BCUT2D eigenvalue weighted by Gasteiger charge is 2.19. The lowest BCUT2D eigenvalue weighted by atomic mass is 10.2. The van der Waals surface area contributed by atoms with Crippen molar-refractivity contribution in [3.8, 4) is 11.5 Å². The molecule has 0 unspecified atom stereocenters. The molecule has 0 spiro atoms. The van der Waals surface area contributed by atoms with Crippen LogP contribution in [0.5, 0.6) is 11.5 Å². The van der Waals surface area contributed by atoms with Gasteiger partial charge in [0.15, 0.2) is 0 Å². The maximum atomic E-state index is 11.0. The summed E-state index contributed by atoms with van der Waals surface area (Å²) >= 11 is 0. The molecule has 0 aliphatic carbocycles. The Labute approximate surface area is 171 Å². The maximum Gasteiger partial charge on any atom is 0.304 e. The fourth-order valence-electron chi connectivity index (χ4n) is 3.66. The minimum Gasteiger partial charge on any atom is -0.508 e. The van der Waals surface area contributed by atoms with Gasteiger partial charge in [-0.3, -0.25) is 14.6 Å². The van der Waals surface area contributed by atoms with Crippen LogP contribution in [0, 0.1) is 0 Å². The minimum atomic E-state index is -0.793. The summed E-state index contributed by atoms with van der Waals surface area (Å²) in [5.41, 5.74) is 1.83. The molecule has 7 nitrogen and oxygen atoms in total. The van der Waals surface area contributed by atoms with Gasteiger partial charge >= 0.3 is 5.97 Å². The predicted molar refractivity (Wildman–Crippen MR) is 112 cm³/mol. The molecule has 1 fully saturated rings. The van der Waals surface area contributed by atoms with Crippen LogP contribution >= 0.6 is 0 Å². The predicted octanol–water partition coefficient (Wildman–Crippen LogP) is 2.20. The third kappa shape index (κ3) is 6.37. The number of aromatic hydroxyl groups is 2. The standard InChI is InChI=1S/C22H29N3O4/c26-19-5-3-4-18(16-19)17-24-11-10-23(9-8-22(28)29)12-14-25(15-13-24)20-6-1-2-7-21(20)27/h1-7,16,26-27H,8-15,17H2,(H,28,29). The fraction of sp³-hybridized carbons (Fsp3) is 0.409.